The molecule has 9 rings (SSSR count). The molecule has 5 heterocycles. The number of carbonyl (C=O) groups excluding carboxylic acids is 2. The minimum Gasteiger partial charge on any atom is -0.497 e. The van der Waals surface area contributed by atoms with Crippen molar-refractivity contribution in [1.29, 1.82) is 0 Å². The van der Waals surface area contributed by atoms with Gasteiger partial charge in [-0.25, -0.2) is 0 Å². The van der Waals surface area contributed by atoms with Crippen molar-refractivity contribution in [1.82, 2.24) is 20.3 Å². The van der Waals surface area contributed by atoms with Gasteiger partial charge in [0.15, 0.2) is 5.60 Å². The molecule has 3 saturated heterocycles. The Morgan fingerprint density at radius 2 is 1.69 bits per heavy atom. The smallest absolute Gasteiger partial charge is 0.264 e. The van der Waals surface area contributed by atoms with Gasteiger partial charge in [-0.3, -0.25) is 19.2 Å². The predicted octanol–water partition coefficient (Wildman–Crippen LogP) is 6.26. The second-order valence-corrected chi connectivity index (χ2v) is 22.7. The number of hydrogen-bond donors (Lipinski definition) is 2. The molecule has 3 fully saturated rings. The standard InChI is InChI=1S/C47H54ClN7O5Si/c1-32-43(61(3,4)39-17-15-38(59-2)16-18-39)42(20-26-52-30-35(21-27-56)50-51-52)60-47(32)40-28-34(48)12-19-41(40)53(45(47)58)29-33-10-13-36(14-11-33)54-31-55(37-8-6-5-7-9-37)46(44(54)57)22-24-49-25-23-46/h5-19,28,30,32,42-43,49,56H,20-27,29,31H2,1-4H3/t32-,42+,43-,47+/m1/s1. The van der Waals surface area contributed by atoms with Crippen molar-refractivity contribution in [2.75, 3.05) is 48.2 Å². The summed E-state index contributed by atoms with van der Waals surface area (Å²) in [5.41, 5.74) is 3.32. The topological polar surface area (TPSA) is 125 Å². The molecular weight excluding hydrogens is 806 g/mol. The van der Waals surface area contributed by atoms with Crippen LogP contribution in [-0.2, 0) is 39.4 Å². The van der Waals surface area contributed by atoms with Gasteiger partial charge in [0.1, 0.15) is 11.3 Å². The largest absolute Gasteiger partial charge is 0.497 e. The lowest BCUT2D eigenvalue weighted by atomic mass is 9.82. The van der Waals surface area contributed by atoms with Crippen LogP contribution in [0, 0.1) is 5.92 Å². The van der Waals surface area contributed by atoms with E-state index in [1.165, 1.54) is 5.19 Å². The van der Waals surface area contributed by atoms with E-state index in [9.17, 15) is 9.90 Å². The maximum atomic E-state index is 15.4. The Morgan fingerprint density at radius 1 is 0.951 bits per heavy atom. The van der Waals surface area contributed by atoms with Crippen LogP contribution in [-0.4, -0.2) is 85.1 Å². The number of ether oxygens (including phenoxy) is 2. The van der Waals surface area contributed by atoms with E-state index in [2.05, 4.69) is 64.8 Å². The van der Waals surface area contributed by atoms with Crippen LogP contribution < -0.4 is 29.9 Å². The molecule has 12 nitrogen and oxygen atoms in total. The van der Waals surface area contributed by atoms with Gasteiger partial charge in [0.2, 0.25) is 0 Å². The summed E-state index contributed by atoms with van der Waals surface area (Å²) in [5.74, 6) is 0.628. The van der Waals surface area contributed by atoms with E-state index in [-0.39, 0.29) is 36.0 Å². The van der Waals surface area contributed by atoms with Crippen LogP contribution in [0.15, 0.2) is 103 Å². The molecule has 318 valence electrons. The van der Waals surface area contributed by atoms with Gasteiger partial charge in [-0.05, 0) is 98.1 Å². The highest BCUT2D eigenvalue weighted by molar-refractivity contribution is 6.91. The van der Waals surface area contributed by atoms with E-state index in [0.29, 0.717) is 37.6 Å². The average molecular weight is 861 g/mol. The fraction of sp³-hybridized carbons (Fsp3) is 0.404. The van der Waals surface area contributed by atoms with E-state index in [1.54, 1.807) is 11.8 Å². The molecule has 5 aromatic rings. The number of fused-ring (bicyclic) bond motifs is 2. The van der Waals surface area contributed by atoms with Gasteiger partial charge < -0.3 is 29.7 Å². The minimum absolute atomic E-state index is 0.00323. The maximum Gasteiger partial charge on any atom is 0.264 e. The molecule has 1 aromatic heterocycles. The monoisotopic (exact) mass is 859 g/mol. The highest BCUT2D eigenvalue weighted by atomic mass is 35.5. The van der Waals surface area contributed by atoms with Crippen LogP contribution in [0.25, 0.3) is 0 Å². The normalized spacial score (nSPS) is 23.4. The number of aryl methyl sites for hydroxylation is 1. The summed E-state index contributed by atoms with van der Waals surface area (Å²) in [7, 11) is -0.703. The number of nitrogens with zero attached hydrogens (tertiary/aromatic N) is 6. The lowest BCUT2D eigenvalue weighted by Crippen LogP contribution is -2.55. The number of amides is 2. The Balaban J connectivity index is 1.02. The summed E-state index contributed by atoms with van der Waals surface area (Å²) < 4.78 is 14.7. The number of piperidine rings is 1. The van der Waals surface area contributed by atoms with Crippen LogP contribution in [0.2, 0.25) is 23.7 Å². The molecule has 14 heteroatoms. The third kappa shape index (κ3) is 7.04. The van der Waals surface area contributed by atoms with Crippen molar-refractivity contribution < 1.29 is 24.2 Å². The van der Waals surface area contributed by atoms with E-state index >= 15 is 4.79 Å². The second kappa shape index (κ2) is 16.3. The summed E-state index contributed by atoms with van der Waals surface area (Å²) in [4.78, 5) is 35.8. The molecule has 0 radical (unpaired) electrons. The van der Waals surface area contributed by atoms with Crippen molar-refractivity contribution in [2.45, 2.75) is 81.6 Å². The number of aromatic nitrogens is 3. The number of hydrogen-bond acceptors (Lipinski definition) is 9. The first-order valence-corrected chi connectivity index (χ1v) is 24.8. The number of aliphatic hydroxyl groups is 1. The Kier molecular flexibility index (Phi) is 11.1. The van der Waals surface area contributed by atoms with E-state index < -0.39 is 19.2 Å². The van der Waals surface area contributed by atoms with E-state index in [4.69, 9.17) is 21.1 Å². The molecule has 4 aliphatic heterocycles. The Bertz CT molecular complexity index is 2390. The molecule has 0 aliphatic carbocycles. The highest BCUT2D eigenvalue weighted by Gasteiger charge is 2.66. The van der Waals surface area contributed by atoms with Gasteiger partial charge >= 0.3 is 0 Å². The molecule has 0 unspecified atom stereocenters. The van der Waals surface area contributed by atoms with Gasteiger partial charge in [-0.1, -0.05) is 84.5 Å². The van der Waals surface area contributed by atoms with Crippen LogP contribution >= 0.6 is 11.6 Å². The van der Waals surface area contributed by atoms with Gasteiger partial charge in [0.05, 0.1) is 45.9 Å². The lowest BCUT2D eigenvalue weighted by molar-refractivity contribution is -0.146. The third-order valence-corrected chi connectivity index (χ3v) is 18.5. The molecule has 4 aromatic carbocycles. The summed E-state index contributed by atoms with van der Waals surface area (Å²) in [5, 5.41) is 23.3. The van der Waals surface area contributed by atoms with Crippen molar-refractivity contribution in [3.05, 3.63) is 125 Å². The van der Waals surface area contributed by atoms with Crippen LogP contribution in [0.3, 0.4) is 0 Å². The van der Waals surface area contributed by atoms with Crippen molar-refractivity contribution in [3.63, 3.8) is 0 Å². The average Bonchev–Trinajstić information content (AvgIpc) is 3.99. The first kappa shape index (κ1) is 41.3. The Hall–Kier alpha value is -5.05. The van der Waals surface area contributed by atoms with Crippen LogP contribution in [0.1, 0.15) is 43.0 Å². The lowest BCUT2D eigenvalue weighted by Gasteiger charge is -2.39. The first-order chi connectivity index (χ1) is 29.5. The molecular formula is C47H54ClN7O5Si. The number of halogens is 1. The summed E-state index contributed by atoms with van der Waals surface area (Å²) in [6.45, 7) is 9.85. The van der Waals surface area contributed by atoms with Crippen molar-refractivity contribution in [3.8, 4) is 5.75 Å². The fourth-order valence-corrected chi connectivity index (χ4v) is 15.0. The molecule has 2 amide bonds. The van der Waals surface area contributed by atoms with E-state index in [1.807, 2.05) is 88.8 Å². The predicted molar refractivity (Wildman–Crippen MR) is 240 cm³/mol. The number of aliphatic hydroxyl groups excluding tert-OH is 1. The Labute approximate surface area is 363 Å². The maximum absolute atomic E-state index is 15.4. The minimum atomic E-state index is -2.38. The van der Waals surface area contributed by atoms with Gasteiger partial charge in [0, 0.05) is 53.6 Å². The summed E-state index contributed by atoms with van der Waals surface area (Å²) in [6, 6.07) is 32.4. The zero-order valence-corrected chi connectivity index (χ0v) is 37.0. The Morgan fingerprint density at radius 3 is 2.39 bits per heavy atom. The number of rotatable bonds is 12. The number of nitrogens with one attached hydrogen (secondary N) is 1. The number of para-hydroxylation sites is 1. The SMILES string of the molecule is COc1ccc([Si](C)(C)[C@H]2[C@H](CCn3cc(CCO)nn3)O[C@@]3(C(=O)N(Cc4ccc(N5CN(c6ccccc6)C6(CCNCC6)C5=O)cc4)c4ccc(Cl)cc43)[C@@H]2C)cc1. The molecule has 61 heavy (non-hydrogen) atoms. The molecule has 4 atom stereocenters. The van der Waals surface area contributed by atoms with E-state index in [0.717, 1.165) is 65.6 Å². The van der Waals surface area contributed by atoms with Gasteiger partial charge in [-0.15, -0.1) is 5.10 Å². The zero-order chi connectivity index (χ0) is 42.5. The number of benzene rings is 4. The zero-order valence-electron chi connectivity index (χ0n) is 35.3. The highest BCUT2D eigenvalue weighted by Crippen LogP contribution is 2.60. The van der Waals surface area contributed by atoms with Gasteiger partial charge in [-0.2, -0.15) is 0 Å². The summed E-state index contributed by atoms with van der Waals surface area (Å²) in [6.07, 6.45) is 4.13. The third-order valence-electron chi connectivity index (χ3n) is 13.9. The second-order valence-electron chi connectivity index (χ2n) is 17.5. The van der Waals surface area contributed by atoms with Crippen molar-refractivity contribution in [2.24, 2.45) is 5.92 Å². The van der Waals surface area contributed by atoms with Crippen molar-refractivity contribution >= 4 is 53.7 Å². The molecule has 0 bridgehead atoms. The quantitative estimate of drug-likeness (QED) is 0.140. The van der Waals surface area contributed by atoms with Crippen LogP contribution in [0.5, 0.6) is 5.75 Å². The van der Waals surface area contributed by atoms with Crippen LogP contribution in [0.4, 0.5) is 17.1 Å². The first-order valence-electron chi connectivity index (χ1n) is 21.4. The summed E-state index contributed by atoms with van der Waals surface area (Å²) >= 11 is 6.78. The molecule has 2 N–H and O–H groups in total. The number of anilines is 3. The number of methoxy groups -OCH3 is 1. The molecule has 2 spiro atoms. The van der Waals surface area contributed by atoms with Gasteiger partial charge in [0.25, 0.3) is 11.8 Å². The molecule has 4 aliphatic rings. The molecule has 0 saturated carbocycles. The number of carbonyl (C=O) groups is 2. The fourth-order valence-electron chi connectivity index (χ4n) is 10.8.